The third kappa shape index (κ3) is 6.74. The number of amides is 2. The summed E-state index contributed by atoms with van der Waals surface area (Å²) in [6, 6.07) is 13.9. The molecule has 2 aliphatic rings. The fourth-order valence-electron chi connectivity index (χ4n) is 5.24. The first-order valence-corrected chi connectivity index (χ1v) is 14.5. The molecule has 1 N–H and O–H groups in total. The van der Waals surface area contributed by atoms with Crippen LogP contribution in [0.25, 0.3) is 0 Å². The molecule has 2 aromatic carbocycles. The predicted molar refractivity (Wildman–Crippen MR) is 149 cm³/mol. The van der Waals surface area contributed by atoms with Gasteiger partial charge in [-0.2, -0.15) is 0 Å². The Hall–Kier alpha value is -2.38. The number of rotatable bonds is 7. The molecule has 3 unspecified atom stereocenters. The van der Waals surface area contributed by atoms with Crippen LogP contribution in [-0.4, -0.2) is 59.1 Å². The SMILES string of the molecule is CC1CCCCN1CCCNC(=O)C1CSC(c2cccc(F)c2)N1C(=O)c1ccc(C(C)(C)C)cc1. The summed E-state index contributed by atoms with van der Waals surface area (Å²) >= 11 is 1.51. The van der Waals surface area contributed by atoms with Crippen LogP contribution in [0, 0.1) is 5.82 Å². The van der Waals surface area contributed by atoms with E-state index >= 15 is 0 Å². The highest BCUT2D eigenvalue weighted by atomic mass is 32.2. The first kappa shape index (κ1) is 27.6. The number of nitrogens with one attached hydrogen (secondary N) is 1. The zero-order valence-electron chi connectivity index (χ0n) is 22.5. The van der Waals surface area contributed by atoms with E-state index in [4.69, 9.17) is 0 Å². The average Bonchev–Trinajstić information content (AvgIpc) is 3.32. The van der Waals surface area contributed by atoms with E-state index in [1.165, 1.54) is 43.2 Å². The summed E-state index contributed by atoms with van der Waals surface area (Å²) in [6.45, 7) is 11.3. The summed E-state index contributed by atoms with van der Waals surface area (Å²) in [5.41, 5.74) is 2.34. The van der Waals surface area contributed by atoms with Crippen LogP contribution in [-0.2, 0) is 10.2 Å². The van der Waals surface area contributed by atoms with Crippen molar-refractivity contribution in [3.63, 3.8) is 0 Å². The van der Waals surface area contributed by atoms with E-state index in [1.54, 1.807) is 11.0 Å². The molecule has 7 heteroatoms. The Bertz CT molecular complexity index is 1080. The van der Waals surface area contributed by atoms with Crippen LogP contribution in [0.15, 0.2) is 48.5 Å². The number of hydrogen-bond donors (Lipinski definition) is 1. The van der Waals surface area contributed by atoms with Crippen molar-refractivity contribution in [1.82, 2.24) is 15.1 Å². The number of hydrogen-bond acceptors (Lipinski definition) is 4. The second kappa shape index (κ2) is 12.0. The quantitative estimate of drug-likeness (QED) is 0.467. The monoisotopic (exact) mass is 525 g/mol. The van der Waals surface area contributed by atoms with Crippen LogP contribution in [0.1, 0.15) is 80.2 Å². The maximum Gasteiger partial charge on any atom is 0.255 e. The highest BCUT2D eigenvalue weighted by Crippen LogP contribution is 2.42. The molecule has 200 valence electrons. The Morgan fingerprint density at radius 2 is 1.86 bits per heavy atom. The topological polar surface area (TPSA) is 52.7 Å². The largest absolute Gasteiger partial charge is 0.354 e. The Morgan fingerprint density at radius 1 is 1.11 bits per heavy atom. The van der Waals surface area contributed by atoms with Crippen molar-refractivity contribution < 1.29 is 14.0 Å². The maximum absolute atomic E-state index is 14.1. The van der Waals surface area contributed by atoms with Gasteiger partial charge in [-0.25, -0.2) is 4.39 Å². The van der Waals surface area contributed by atoms with Crippen LogP contribution >= 0.6 is 11.8 Å². The lowest BCUT2D eigenvalue weighted by Gasteiger charge is -2.33. The minimum Gasteiger partial charge on any atom is -0.354 e. The van der Waals surface area contributed by atoms with Crippen LogP contribution < -0.4 is 5.32 Å². The van der Waals surface area contributed by atoms with Crippen LogP contribution in [0.5, 0.6) is 0 Å². The molecule has 2 aliphatic heterocycles. The normalized spacial score (nSPS) is 22.7. The van der Waals surface area contributed by atoms with Gasteiger partial charge < -0.3 is 15.1 Å². The summed E-state index contributed by atoms with van der Waals surface area (Å²) in [6.07, 6.45) is 4.65. The van der Waals surface area contributed by atoms with Gasteiger partial charge in [0, 0.05) is 30.4 Å². The molecule has 0 aliphatic carbocycles. The molecule has 0 spiro atoms. The fraction of sp³-hybridized carbons (Fsp3) is 0.533. The molecule has 2 fully saturated rings. The van der Waals surface area contributed by atoms with Gasteiger partial charge in [0.1, 0.15) is 17.2 Å². The number of halogens is 1. The first-order chi connectivity index (χ1) is 17.6. The molecular weight excluding hydrogens is 485 g/mol. The van der Waals surface area contributed by atoms with Crippen molar-refractivity contribution >= 4 is 23.6 Å². The fourth-order valence-corrected chi connectivity index (χ4v) is 6.66. The van der Waals surface area contributed by atoms with Crippen molar-refractivity contribution in [2.75, 3.05) is 25.4 Å². The van der Waals surface area contributed by atoms with Crippen molar-refractivity contribution in [3.8, 4) is 0 Å². The Labute approximate surface area is 225 Å². The second-order valence-corrected chi connectivity index (χ2v) is 12.4. The number of carbonyl (C=O) groups is 2. The van der Waals surface area contributed by atoms with Gasteiger partial charge in [0.2, 0.25) is 5.91 Å². The van der Waals surface area contributed by atoms with Crippen LogP contribution in [0.3, 0.4) is 0 Å². The van der Waals surface area contributed by atoms with Gasteiger partial charge in [0.05, 0.1) is 0 Å². The van der Waals surface area contributed by atoms with Crippen LogP contribution in [0.4, 0.5) is 4.39 Å². The lowest BCUT2D eigenvalue weighted by atomic mass is 9.86. The van der Waals surface area contributed by atoms with Crippen molar-refractivity contribution in [2.45, 2.75) is 76.3 Å². The first-order valence-electron chi connectivity index (χ1n) is 13.5. The van der Waals surface area contributed by atoms with Gasteiger partial charge in [0.25, 0.3) is 5.91 Å². The Balaban J connectivity index is 1.48. The highest BCUT2D eigenvalue weighted by molar-refractivity contribution is 7.99. The van der Waals surface area contributed by atoms with Gasteiger partial charge in [0.15, 0.2) is 0 Å². The van der Waals surface area contributed by atoms with E-state index in [1.807, 2.05) is 30.3 Å². The third-order valence-corrected chi connectivity index (χ3v) is 8.85. The van der Waals surface area contributed by atoms with Gasteiger partial charge in [-0.3, -0.25) is 9.59 Å². The number of likely N-dealkylation sites (tertiary alicyclic amines) is 1. The van der Waals surface area contributed by atoms with E-state index < -0.39 is 11.4 Å². The minimum absolute atomic E-state index is 0.0242. The third-order valence-electron chi connectivity index (χ3n) is 7.53. The van der Waals surface area contributed by atoms with Crippen molar-refractivity contribution in [1.29, 1.82) is 0 Å². The summed E-state index contributed by atoms with van der Waals surface area (Å²) < 4.78 is 14.1. The molecular formula is C30H40FN3O2S. The van der Waals surface area contributed by atoms with E-state index in [2.05, 4.69) is 37.9 Å². The Morgan fingerprint density at radius 3 is 2.54 bits per heavy atom. The molecule has 2 aromatic rings. The second-order valence-electron chi connectivity index (χ2n) is 11.3. The van der Waals surface area contributed by atoms with Gasteiger partial charge in [-0.1, -0.05) is 51.5 Å². The van der Waals surface area contributed by atoms with Crippen molar-refractivity contribution in [3.05, 3.63) is 71.0 Å². The maximum atomic E-state index is 14.1. The van der Waals surface area contributed by atoms with Crippen molar-refractivity contribution in [2.24, 2.45) is 0 Å². The molecule has 2 amide bonds. The standard InChI is InChI=1S/C30H40FN3O2S/c1-21-9-5-6-17-33(21)18-8-16-32-27(35)26-20-37-29(23-10-7-11-25(31)19-23)34(26)28(36)22-12-14-24(15-13-22)30(2,3)4/h7,10-15,19,21,26,29H,5-6,8-9,16-18,20H2,1-4H3,(H,32,35). The summed E-state index contributed by atoms with van der Waals surface area (Å²) in [5.74, 6) is -0.221. The molecule has 2 saturated heterocycles. The molecule has 4 rings (SSSR count). The summed E-state index contributed by atoms with van der Waals surface area (Å²) in [5, 5.41) is 2.66. The molecule has 0 saturated carbocycles. The minimum atomic E-state index is -0.609. The van der Waals surface area contributed by atoms with Gasteiger partial charge in [-0.15, -0.1) is 11.8 Å². The van der Waals surface area contributed by atoms with E-state index in [0.717, 1.165) is 25.1 Å². The van der Waals surface area contributed by atoms with E-state index in [-0.39, 0.29) is 23.0 Å². The number of nitrogens with zero attached hydrogens (tertiary/aromatic N) is 2. The molecule has 0 bridgehead atoms. The molecule has 5 nitrogen and oxygen atoms in total. The average molecular weight is 526 g/mol. The number of carbonyl (C=O) groups excluding carboxylic acids is 2. The van der Waals surface area contributed by atoms with E-state index in [0.29, 0.717) is 29.5 Å². The predicted octanol–water partition coefficient (Wildman–Crippen LogP) is 5.76. The smallest absolute Gasteiger partial charge is 0.255 e. The molecule has 3 atom stereocenters. The van der Waals surface area contributed by atoms with E-state index in [9.17, 15) is 14.0 Å². The molecule has 0 radical (unpaired) electrons. The number of benzene rings is 2. The molecule has 2 heterocycles. The molecule has 0 aromatic heterocycles. The number of piperidine rings is 1. The lowest BCUT2D eigenvalue weighted by Crippen LogP contribution is -2.48. The summed E-state index contributed by atoms with van der Waals surface area (Å²) in [4.78, 5) is 31.3. The Kier molecular flexibility index (Phi) is 8.96. The highest BCUT2D eigenvalue weighted by Gasteiger charge is 2.42. The zero-order chi connectivity index (χ0) is 26.6. The zero-order valence-corrected chi connectivity index (χ0v) is 23.3. The van der Waals surface area contributed by atoms with Gasteiger partial charge >= 0.3 is 0 Å². The molecule has 37 heavy (non-hydrogen) atoms. The van der Waals surface area contributed by atoms with Crippen LogP contribution in [0.2, 0.25) is 0 Å². The summed E-state index contributed by atoms with van der Waals surface area (Å²) in [7, 11) is 0. The van der Waals surface area contributed by atoms with Gasteiger partial charge in [-0.05, 0) is 73.5 Å². The number of thioether (sulfide) groups is 1. The lowest BCUT2D eigenvalue weighted by molar-refractivity contribution is -0.124.